The number of nitrogens with zero attached hydrogens (tertiary/aromatic N) is 2. The van der Waals surface area contributed by atoms with Crippen LogP contribution in [0.4, 0.5) is 0 Å². The number of benzene rings is 1. The molecule has 0 bridgehead atoms. The van der Waals surface area contributed by atoms with Crippen LogP contribution in [0.5, 0.6) is 5.75 Å². The first-order chi connectivity index (χ1) is 12.7. The Kier molecular flexibility index (Phi) is 4.86. The molecule has 1 fully saturated rings. The normalized spacial score (nSPS) is 22.6. The standard InChI is InChI=1S/C20H23N3O3/c21-17-6-8-19(16-4-2-1-3-15(16)17)26-14-5-7-18(22-13-14)20(24)23-9-11-25-12-10-23/h1-5,7,13,17,19H,6,8-12,21H2. The lowest BCUT2D eigenvalue weighted by Crippen LogP contribution is -2.41. The molecule has 2 heterocycles. The fourth-order valence-electron chi connectivity index (χ4n) is 3.58. The van der Waals surface area contributed by atoms with Gasteiger partial charge in [0.05, 0.1) is 19.4 Å². The lowest BCUT2D eigenvalue weighted by molar-refractivity contribution is 0.0299. The molecule has 0 saturated carbocycles. The van der Waals surface area contributed by atoms with Crippen molar-refractivity contribution in [1.29, 1.82) is 0 Å². The van der Waals surface area contributed by atoms with Crippen LogP contribution in [0.3, 0.4) is 0 Å². The maximum atomic E-state index is 12.5. The summed E-state index contributed by atoms with van der Waals surface area (Å²) in [6.45, 7) is 2.38. The molecule has 0 spiro atoms. The average Bonchev–Trinajstić information content (AvgIpc) is 2.71. The van der Waals surface area contributed by atoms with Crippen molar-refractivity contribution >= 4 is 5.91 Å². The van der Waals surface area contributed by atoms with Gasteiger partial charge in [-0.25, -0.2) is 4.98 Å². The van der Waals surface area contributed by atoms with Gasteiger partial charge in [0.15, 0.2) is 0 Å². The molecule has 2 aromatic rings. The van der Waals surface area contributed by atoms with Crippen LogP contribution in [-0.4, -0.2) is 42.1 Å². The summed E-state index contributed by atoms with van der Waals surface area (Å²) in [6.07, 6.45) is 3.36. The predicted molar refractivity (Wildman–Crippen MR) is 96.9 cm³/mol. The van der Waals surface area contributed by atoms with E-state index in [1.807, 2.05) is 18.2 Å². The Hall–Kier alpha value is -2.44. The number of aromatic nitrogens is 1. The number of carbonyl (C=O) groups excluding carboxylic acids is 1. The minimum atomic E-state index is -0.0613. The van der Waals surface area contributed by atoms with E-state index in [0.29, 0.717) is 37.7 Å². The first kappa shape index (κ1) is 17.0. The molecule has 0 radical (unpaired) electrons. The van der Waals surface area contributed by atoms with E-state index >= 15 is 0 Å². The Bertz CT molecular complexity index is 772. The summed E-state index contributed by atoms with van der Waals surface area (Å²) in [5.74, 6) is 0.604. The maximum absolute atomic E-state index is 12.5. The zero-order chi connectivity index (χ0) is 17.9. The Morgan fingerprint density at radius 1 is 1.12 bits per heavy atom. The second-order valence-electron chi connectivity index (χ2n) is 6.70. The molecule has 1 aliphatic carbocycles. The number of hydrogen-bond acceptors (Lipinski definition) is 5. The molecule has 2 unspecified atom stereocenters. The van der Waals surface area contributed by atoms with E-state index in [0.717, 1.165) is 24.0 Å². The van der Waals surface area contributed by atoms with E-state index in [1.165, 1.54) is 0 Å². The molecule has 6 nitrogen and oxygen atoms in total. The van der Waals surface area contributed by atoms with E-state index in [4.69, 9.17) is 15.2 Å². The molecule has 6 heteroatoms. The summed E-state index contributed by atoms with van der Waals surface area (Å²) in [5.41, 5.74) is 8.93. The smallest absolute Gasteiger partial charge is 0.272 e. The van der Waals surface area contributed by atoms with Crippen molar-refractivity contribution in [2.75, 3.05) is 26.3 Å². The zero-order valence-corrected chi connectivity index (χ0v) is 14.6. The monoisotopic (exact) mass is 353 g/mol. The Morgan fingerprint density at radius 3 is 2.62 bits per heavy atom. The van der Waals surface area contributed by atoms with Crippen LogP contribution in [-0.2, 0) is 4.74 Å². The van der Waals surface area contributed by atoms with Gasteiger partial charge in [0.2, 0.25) is 0 Å². The van der Waals surface area contributed by atoms with Gasteiger partial charge in [0.25, 0.3) is 5.91 Å². The SMILES string of the molecule is NC1CCC(Oc2ccc(C(=O)N3CCOCC3)nc2)c2ccccc21. The molecule has 1 aliphatic heterocycles. The summed E-state index contributed by atoms with van der Waals surface area (Å²) >= 11 is 0. The zero-order valence-electron chi connectivity index (χ0n) is 14.6. The summed E-state index contributed by atoms with van der Waals surface area (Å²) in [5, 5.41) is 0. The Balaban J connectivity index is 1.46. The maximum Gasteiger partial charge on any atom is 0.272 e. The van der Waals surface area contributed by atoms with Gasteiger partial charge in [-0.3, -0.25) is 4.79 Å². The number of hydrogen-bond donors (Lipinski definition) is 1. The first-order valence-electron chi connectivity index (χ1n) is 9.06. The highest BCUT2D eigenvalue weighted by Gasteiger charge is 2.26. The van der Waals surface area contributed by atoms with E-state index in [9.17, 15) is 4.79 Å². The van der Waals surface area contributed by atoms with Crippen LogP contribution in [0.25, 0.3) is 0 Å². The molecule has 136 valence electrons. The van der Waals surface area contributed by atoms with Crippen molar-refractivity contribution in [3.05, 3.63) is 59.4 Å². The van der Waals surface area contributed by atoms with E-state index in [2.05, 4.69) is 17.1 Å². The quantitative estimate of drug-likeness (QED) is 0.917. The fraction of sp³-hybridized carbons (Fsp3) is 0.400. The third-order valence-corrected chi connectivity index (χ3v) is 5.01. The summed E-state index contributed by atoms with van der Waals surface area (Å²) < 4.78 is 11.4. The van der Waals surface area contributed by atoms with Crippen molar-refractivity contribution in [3.8, 4) is 5.75 Å². The van der Waals surface area contributed by atoms with Crippen molar-refractivity contribution in [3.63, 3.8) is 0 Å². The van der Waals surface area contributed by atoms with Gasteiger partial charge in [0.1, 0.15) is 17.5 Å². The molecule has 2 atom stereocenters. The van der Waals surface area contributed by atoms with Gasteiger partial charge in [-0.2, -0.15) is 0 Å². The number of amides is 1. The molecule has 1 aromatic heterocycles. The number of ether oxygens (including phenoxy) is 2. The molecule has 1 saturated heterocycles. The molecular weight excluding hydrogens is 330 g/mol. The Morgan fingerprint density at radius 2 is 1.88 bits per heavy atom. The minimum absolute atomic E-state index is 0.0337. The number of fused-ring (bicyclic) bond motifs is 1. The second kappa shape index (κ2) is 7.43. The molecule has 1 amide bonds. The van der Waals surface area contributed by atoms with Crippen LogP contribution >= 0.6 is 0 Å². The van der Waals surface area contributed by atoms with Crippen LogP contribution in [0.1, 0.15) is 46.6 Å². The topological polar surface area (TPSA) is 77.7 Å². The van der Waals surface area contributed by atoms with Crippen molar-refractivity contribution in [1.82, 2.24) is 9.88 Å². The average molecular weight is 353 g/mol. The molecule has 4 rings (SSSR count). The van der Waals surface area contributed by atoms with Gasteiger partial charge in [-0.15, -0.1) is 0 Å². The van der Waals surface area contributed by atoms with Gasteiger partial charge >= 0.3 is 0 Å². The van der Waals surface area contributed by atoms with E-state index < -0.39 is 0 Å². The van der Waals surface area contributed by atoms with Crippen LogP contribution in [0.15, 0.2) is 42.6 Å². The van der Waals surface area contributed by atoms with Crippen molar-refractivity contribution < 1.29 is 14.3 Å². The van der Waals surface area contributed by atoms with Gasteiger partial charge in [0, 0.05) is 19.1 Å². The van der Waals surface area contributed by atoms with Crippen LogP contribution in [0, 0.1) is 0 Å². The lowest BCUT2D eigenvalue weighted by atomic mass is 9.86. The van der Waals surface area contributed by atoms with Gasteiger partial charge in [-0.05, 0) is 36.1 Å². The van der Waals surface area contributed by atoms with Gasteiger partial charge in [-0.1, -0.05) is 24.3 Å². The number of nitrogens with two attached hydrogens (primary N) is 1. The van der Waals surface area contributed by atoms with E-state index in [-0.39, 0.29) is 18.1 Å². The van der Waals surface area contributed by atoms with E-state index in [1.54, 1.807) is 17.2 Å². The predicted octanol–water partition coefficient (Wildman–Crippen LogP) is 2.47. The summed E-state index contributed by atoms with van der Waals surface area (Å²) in [6, 6.07) is 11.8. The number of carbonyl (C=O) groups is 1. The lowest BCUT2D eigenvalue weighted by Gasteiger charge is -2.30. The third kappa shape index (κ3) is 3.43. The number of rotatable bonds is 3. The van der Waals surface area contributed by atoms with Crippen molar-refractivity contribution in [2.45, 2.75) is 25.0 Å². The third-order valence-electron chi connectivity index (χ3n) is 5.01. The highest BCUT2D eigenvalue weighted by Crippen LogP contribution is 2.37. The van der Waals surface area contributed by atoms with Gasteiger partial charge < -0.3 is 20.1 Å². The van der Waals surface area contributed by atoms with Crippen molar-refractivity contribution in [2.24, 2.45) is 5.73 Å². The minimum Gasteiger partial charge on any atom is -0.484 e. The molecule has 2 aliphatic rings. The number of morpholine rings is 1. The molecular formula is C20H23N3O3. The summed E-state index contributed by atoms with van der Waals surface area (Å²) in [4.78, 5) is 18.5. The molecule has 2 N–H and O–H groups in total. The largest absolute Gasteiger partial charge is 0.484 e. The molecule has 26 heavy (non-hydrogen) atoms. The fourth-order valence-corrected chi connectivity index (χ4v) is 3.58. The first-order valence-corrected chi connectivity index (χ1v) is 9.06. The Labute approximate surface area is 152 Å². The van der Waals surface area contributed by atoms with Crippen LogP contribution in [0.2, 0.25) is 0 Å². The summed E-state index contributed by atoms with van der Waals surface area (Å²) in [7, 11) is 0. The molecule has 1 aromatic carbocycles. The highest BCUT2D eigenvalue weighted by atomic mass is 16.5. The highest BCUT2D eigenvalue weighted by molar-refractivity contribution is 5.92. The number of pyridine rings is 1. The second-order valence-corrected chi connectivity index (χ2v) is 6.70. The van der Waals surface area contributed by atoms with Crippen LogP contribution < -0.4 is 10.5 Å².